The van der Waals surface area contributed by atoms with E-state index in [0.717, 1.165) is 50.9 Å². The lowest BCUT2D eigenvalue weighted by atomic mass is 9.79. The van der Waals surface area contributed by atoms with Crippen LogP contribution in [-0.2, 0) is 46.1 Å². The first kappa shape index (κ1) is 21.0. The summed E-state index contributed by atoms with van der Waals surface area (Å²) < 4.78 is 30.9. The Morgan fingerprint density at radius 2 is 2.24 bits per heavy atom. The highest BCUT2D eigenvalue weighted by Gasteiger charge is 2.44. The van der Waals surface area contributed by atoms with Crippen LogP contribution in [-0.4, -0.2) is 54.3 Å². The zero-order valence-corrected chi connectivity index (χ0v) is 19.2. The van der Waals surface area contributed by atoms with Crippen molar-refractivity contribution in [3.05, 3.63) is 39.3 Å². The maximum Gasteiger partial charge on any atom is 0.149 e. The number of hydrogen-bond acceptors (Lipinski definition) is 6. The third-order valence-corrected chi connectivity index (χ3v) is 8.49. The Balaban J connectivity index is 1.42. The summed E-state index contributed by atoms with van der Waals surface area (Å²) in [7, 11) is -2.97. The number of thiophene rings is 1. The molecule has 2 atom stereocenters. The van der Waals surface area contributed by atoms with Gasteiger partial charge >= 0.3 is 0 Å². The second-order valence-electron chi connectivity index (χ2n) is 8.51. The monoisotopic (exact) mass is 437 g/mol. The Bertz CT molecular complexity index is 966. The Morgan fingerprint density at radius 3 is 2.97 bits per heavy atom. The SMILES string of the molecule is CCc1cc2c(s1)CCO[C@@]21CCN(Cc2cnn(CCS(C)(=O)=O)c2)[C@H](C)C1. The first-order valence-electron chi connectivity index (χ1n) is 10.5. The van der Waals surface area contributed by atoms with E-state index >= 15 is 0 Å². The molecule has 29 heavy (non-hydrogen) atoms. The summed E-state index contributed by atoms with van der Waals surface area (Å²) in [6, 6.07) is 2.81. The van der Waals surface area contributed by atoms with Crippen molar-refractivity contribution in [2.75, 3.05) is 25.2 Å². The Kier molecular flexibility index (Phi) is 5.90. The maximum atomic E-state index is 11.4. The standard InChI is InChI=1S/C21H31N3O3S2/c1-4-18-11-19-20(28-18)5-9-27-21(19)6-7-23(16(2)12-21)14-17-13-22-24(15-17)8-10-29(3,25)26/h11,13,15-16H,4-10,12,14H2,1-3H3/t16-,21-/m1/s1. The molecule has 160 valence electrons. The van der Waals surface area contributed by atoms with Gasteiger partial charge in [0.25, 0.3) is 0 Å². The lowest BCUT2D eigenvalue weighted by molar-refractivity contribution is -0.112. The summed E-state index contributed by atoms with van der Waals surface area (Å²) in [5.74, 6) is 0.122. The molecule has 0 unspecified atom stereocenters. The van der Waals surface area contributed by atoms with Gasteiger partial charge in [-0.2, -0.15) is 5.10 Å². The minimum Gasteiger partial charge on any atom is -0.370 e. The van der Waals surface area contributed by atoms with Crippen LogP contribution < -0.4 is 0 Å². The van der Waals surface area contributed by atoms with E-state index in [9.17, 15) is 8.42 Å². The van der Waals surface area contributed by atoms with Crippen molar-refractivity contribution in [1.29, 1.82) is 0 Å². The molecule has 1 spiro atoms. The average molecular weight is 438 g/mol. The number of nitrogens with zero attached hydrogens (tertiary/aromatic N) is 3. The number of aryl methyl sites for hydroxylation is 2. The van der Waals surface area contributed by atoms with Crippen LogP contribution in [0.3, 0.4) is 0 Å². The van der Waals surface area contributed by atoms with E-state index in [-0.39, 0.29) is 11.4 Å². The highest BCUT2D eigenvalue weighted by molar-refractivity contribution is 7.90. The van der Waals surface area contributed by atoms with Crippen molar-refractivity contribution in [2.24, 2.45) is 0 Å². The van der Waals surface area contributed by atoms with Gasteiger partial charge in [0.1, 0.15) is 9.84 Å². The fourth-order valence-electron chi connectivity index (χ4n) is 4.61. The van der Waals surface area contributed by atoms with Gasteiger partial charge in [0.05, 0.1) is 30.7 Å². The first-order chi connectivity index (χ1) is 13.8. The van der Waals surface area contributed by atoms with Crippen molar-refractivity contribution < 1.29 is 13.2 Å². The molecule has 2 aliphatic heterocycles. The van der Waals surface area contributed by atoms with E-state index in [1.54, 1.807) is 4.68 Å². The number of piperidine rings is 1. The fraction of sp³-hybridized carbons (Fsp3) is 0.667. The van der Waals surface area contributed by atoms with Crippen LogP contribution in [0.15, 0.2) is 18.5 Å². The van der Waals surface area contributed by atoms with Crippen molar-refractivity contribution in [1.82, 2.24) is 14.7 Å². The smallest absolute Gasteiger partial charge is 0.149 e. The molecule has 2 aliphatic rings. The lowest BCUT2D eigenvalue weighted by Gasteiger charge is -2.47. The maximum absolute atomic E-state index is 11.4. The van der Waals surface area contributed by atoms with E-state index in [2.05, 4.69) is 29.9 Å². The molecular weight excluding hydrogens is 406 g/mol. The van der Waals surface area contributed by atoms with Crippen LogP contribution in [0, 0.1) is 0 Å². The fourth-order valence-corrected chi connectivity index (χ4v) is 6.31. The summed E-state index contributed by atoms with van der Waals surface area (Å²) in [5.41, 5.74) is 2.47. The highest BCUT2D eigenvalue weighted by atomic mass is 32.2. The number of rotatable bonds is 6. The molecule has 8 heteroatoms. The third-order valence-electron chi connectivity index (χ3n) is 6.22. The Morgan fingerprint density at radius 1 is 1.41 bits per heavy atom. The van der Waals surface area contributed by atoms with E-state index in [1.165, 1.54) is 21.6 Å². The summed E-state index contributed by atoms with van der Waals surface area (Å²) >= 11 is 1.97. The second kappa shape index (κ2) is 8.13. The molecule has 1 fully saturated rings. The molecule has 4 rings (SSSR count). The molecule has 2 aromatic heterocycles. The molecule has 4 heterocycles. The van der Waals surface area contributed by atoms with E-state index in [0.29, 0.717) is 12.6 Å². The van der Waals surface area contributed by atoms with Gasteiger partial charge in [0.15, 0.2) is 0 Å². The van der Waals surface area contributed by atoms with Crippen LogP contribution in [0.1, 0.15) is 47.6 Å². The van der Waals surface area contributed by atoms with Gasteiger partial charge < -0.3 is 4.74 Å². The normalized spacial score (nSPS) is 25.4. The van der Waals surface area contributed by atoms with E-state index in [1.807, 2.05) is 23.7 Å². The Hall–Kier alpha value is -1.22. The molecule has 0 amide bonds. The molecule has 0 aliphatic carbocycles. The number of ether oxygens (including phenoxy) is 1. The van der Waals surface area contributed by atoms with Crippen molar-refractivity contribution in [3.8, 4) is 0 Å². The van der Waals surface area contributed by atoms with E-state index in [4.69, 9.17) is 4.74 Å². The van der Waals surface area contributed by atoms with Crippen LogP contribution >= 0.6 is 11.3 Å². The number of sulfone groups is 1. The van der Waals surface area contributed by atoms with Gasteiger partial charge in [-0.1, -0.05) is 6.92 Å². The second-order valence-corrected chi connectivity index (χ2v) is 12.0. The van der Waals surface area contributed by atoms with E-state index < -0.39 is 9.84 Å². The van der Waals surface area contributed by atoms with Gasteiger partial charge in [-0.05, 0) is 37.8 Å². The molecule has 0 bridgehead atoms. The van der Waals surface area contributed by atoms with Gasteiger partial charge in [-0.3, -0.25) is 9.58 Å². The summed E-state index contributed by atoms with van der Waals surface area (Å²) in [6.45, 7) is 7.59. The number of fused-ring (bicyclic) bond motifs is 2. The average Bonchev–Trinajstić information content (AvgIpc) is 3.29. The minimum absolute atomic E-state index is 0.118. The highest BCUT2D eigenvalue weighted by Crippen LogP contribution is 2.46. The predicted molar refractivity (Wildman–Crippen MR) is 116 cm³/mol. The molecule has 0 aromatic carbocycles. The molecule has 0 saturated carbocycles. The van der Waals surface area contributed by atoms with Crippen LogP contribution in [0.4, 0.5) is 0 Å². The van der Waals surface area contributed by atoms with Crippen molar-refractivity contribution >= 4 is 21.2 Å². The first-order valence-corrected chi connectivity index (χ1v) is 13.3. The van der Waals surface area contributed by atoms with Crippen molar-refractivity contribution in [2.45, 2.75) is 64.3 Å². The lowest BCUT2D eigenvalue weighted by Crippen LogP contribution is -2.50. The van der Waals surface area contributed by atoms with Crippen molar-refractivity contribution in [3.63, 3.8) is 0 Å². The third kappa shape index (κ3) is 4.60. The topological polar surface area (TPSA) is 64.4 Å². The molecule has 2 aromatic rings. The molecule has 1 saturated heterocycles. The summed E-state index contributed by atoms with van der Waals surface area (Å²) in [5, 5.41) is 4.34. The van der Waals surface area contributed by atoms with Gasteiger partial charge in [-0.25, -0.2) is 8.42 Å². The number of likely N-dealkylation sites (tertiary alicyclic amines) is 1. The minimum atomic E-state index is -2.97. The Labute approximate surface area is 177 Å². The molecule has 0 N–H and O–H groups in total. The van der Waals surface area contributed by atoms with Crippen LogP contribution in [0.25, 0.3) is 0 Å². The summed E-state index contributed by atoms with van der Waals surface area (Å²) in [6.07, 6.45) is 9.28. The predicted octanol–water partition coefficient (Wildman–Crippen LogP) is 3.00. The van der Waals surface area contributed by atoms with Gasteiger partial charge in [0.2, 0.25) is 0 Å². The molecular formula is C21H31N3O3S2. The number of aromatic nitrogens is 2. The quantitative estimate of drug-likeness (QED) is 0.695. The largest absolute Gasteiger partial charge is 0.370 e. The van der Waals surface area contributed by atoms with Crippen LogP contribution in [0.2, 0.25) is 0 Å². The molecule has 6 nitrogen and oxygen atoms in total. The van der Waals surface area contributed by atoms with Crippen LogP contribution in [0.5, 0.6) is 0 Å². The number of hydrogen-bond donors (Lipinski definition) is 0. The van der Waals surface area contributed by atoms with Gasteiger partial charge in [0, 0.05) is 53.3 Å². The zero-order valence-electron chi connectivity index (χ0n) is 17.6. The zero-order chi connectivity index (χ0) is 20.6. The van der Waals surface area contributed by atoms with Gasteiger partial charge in [-0.15, -0.1) is 11.3 Å². The molecule has 0 radical (unpaired) electrons. The summed E-state index contributed by atoms with van der Waals surface area (Å²) in [4.78, 5) is 5.49.